The monoisotopic (exact) mass is 1740 g/mol. The van der Waals surface area contributed by atoms with E-state index < -0.39 is 0 Å². The molecule has 2 unspecified atom stereocenters. The molecular formula is C104H225N19. The predicted octanol–water partition coefficient (Wildman–Crippen LogP) is 15.1. The lowest BCUT2D eigenvalue weighted by Gasteiger charge is -2.60. The van der Waals surface area contributed by atoms with E-state index in [1.54, 1.807) is 0 Å². The molecule has 123 heavy (non-hydrogen) atoms. The molecule has 0 saturated carbocycles. The molecule has 19 nitrogen and oxygen atoms in total. The van der Waals surface area contributed by atoms with Gasteiger partial charge in [0.25, 0.3) is 0 Å². The maximum Gasteiger partial charge on any atom is 0.0324 e. The third-order valence-electron chi connectivity index (χ3n) is 31.2. The van der Waals surface area contributed by atoms with Gasteiger partial charge in [-0.2, -0.15) is 0 Å². The molecular weight excluding hydrogens is 1520 g/mol. The van der Waals surface area contributed by atoms with Crippen LogP contribution in [0, 0.1) is 70.5 Å². The number of piperazine rings is 2. The molecule has 15 aliphatic heterocycles. The van der Waals surface area contributed by atoms with Crippen molar-refractivity contribution in [1.29, 1.82) is 0 Å². The number of nitrogens with one attached hydrogen (secondary N) is 1. The Kier molecular flexibility index (Phi) is 57.5. The molecule has 1 spiro atoms. The van der Waals surface area contributed by atoms with Gasteiger partial charge in [-0.1, -0.05) is 97.4 Å². The molecule has 15 heterocycles. The van der Waals surface area contributed by atoms with Gasteiger partial charge in [0.05, 0.1) is 0 Å². The summed E-state index contributed by atoms with van der Waals surface area (Å²) in [6.45, 7) is 96.1. The highest BCUT2D eigenvalue weighted by Gasteiger charge is 2.51. The van der Waals surface area contributed by atoms with Crippen LogP contribution < -0.4 is 5.32 Å². The lowest BCUT2D eigenvalue weighted by molar-refractivity contribution is -0.115. The van der Waals surface area contributed by atoms with Gasteiger partial charge in [0.1, 0.15) is 0 Å². The maximum atomic E-state index is 3.47. The van der Waals surface area contributed by atoms with Crippen molar-refractivity contribution in [1.82, 2.24) is 93.5 Å². The number of nitrogens with zero attached hydrogens (tertiary/aromatic N) is 18. The Hall–Kier alpha value is -0.760. The SMILES string of the molecule is C.C.CC(C)C1CCN(C)CC1.CC(C)C1CN(C)C1.CC(C)N(C)[C@@H]1CCN(C)C1.CC(C)N(C)[C@H]1CCN(C)C1.CC(C)N1CC2(CN(C)C2)C1.CC(C)N1CC2CN(C)CC2C1.CC(C)N1CCN(C)CC1.CC(C)N1C[C@H]2CC[C@@H](C1)N2C.CC(C)NC1CN(C)C1.CC(C)[C@@H]1CCN(C)C1.CC(C)[C@H]1CCN(C)C1.CCC1CN(C(C)C)C1. The zero-order valence-corrected chi connectivity index (χ0v) is 88.5. The first-order chi connectivity index (χ1) is 56.6. The summed E-state index contributed by atoms with van der Waals surface area (Å²) in [7, 11) is 28.8. The Morgan fingerprint density at radius 2 is 0.602 bits per heavy atom. The van der Waals surface area contributed by atoms with E-state index in [0.29, 0.717) is 18.1 Å². The van der Waals surface area contributed by atoms with E-state index in [2.05, 4.69) is 358 Å². The molecule has 2 bridgehead atoms. The fourth-order valence-corrected chi connectivity index (χ4v) is 20.9. The second-order valence-electron chi connectivity index (χ2n) is 46.2. The molecule has 1 N–H and O–H groups in total. The Morgan fingerprint density at radius 3 is 0.886 bits per heavy atom. The molecule has 0 aliphatic carbocycles. The van der Waals surface area contributed by atoms with Crippen molar-refractivity contribution < 1.29 is 0 Å². The minimum absolute atomic E-state index is 0. The highest BCUT2D eigenvalue weighted by Crippen LogP contribution is 2.40. The van der Waals surface area contributed by atoms with Crippen LogP contribution in [0.25, 0.3) is 0 Å². The van der Waals surface area contributed by atoms with Gasteiger partial charge in [-0.15, -0.1) is 0 Å². The van der Waals surface area contributed by atoms with Crippen LogP contribution in [-0.4, -0.2) is 455 Å². The van der Waals surface area contributed by atoms with Gasteiger partial charge >= 0.3 is 0 Å². The van der Waals surface area contributed by atoms with Crippen LogP contribution >= 0.6 is 0 Å². The van der Waals surface area contributed by atoms with Gasteiger partial charge in [0.2, 0.25) is 0 Å². The normalized spacial score (nSPS) is 28.2. The molecule has 19 heteroatoms. The fraction of sp³-hybridized carbons (Fsp3) is 1.00. The summed E-state index contributed by atoms with van der Waals surface area (Å²) in [4.78, 5) is 44.5. The minimum atomic E-state index is 0. The van der Waals surface area contributed by atoms with Crippen LogP contribution in [0.2, 0.25) is 0 Å². The summed E-state index contributed by atoms with van der Waals surface area (Å²) >= 11 is 0. The van der Waals surface area contributed by atoms with E-state index in [4.69, 9.17) is 0 Å². The fourth-order valence-electron chi connectivity index (χ4n) is 20.9. The van der Waals surface area contributed by atoms with E-state index in [1.807, 2.05) is 0 Å². The zero-order chi connectivity index (χ0) is 91.0. The van der Waals surface area contributed by atoms with Gasteiger partial charge in [-0.05, 0) is 344 Å². The first-order valence-corrected chi connectivity index (χ1v) is 51.1. The summed E-state index contributed by atoms with van der Waals surface area (Å²) in [5, 5.41) is 3.47. The van der Waals surface area contributed by atoms with Gasteiger partial charge in [-0.25, -0.2) is 0 Å². The second-order valence-corrected chi connectivity index (χ2v) is 46.2. The number of likely N-dealkylation sites (tertiary alicyclic amines) is 13. The van der Waals surface area contributed by atoms with E-state index >= 15 is 0 Å². The summed E-state index contributed by atoms with van der Waals surface area (Å²) in [6.07, 6.45) is 12.5. The molecule has 0 aromatic heterocycles. The van der Waals surface area contributed by atoms with Crippen LogP contribution in [0.3, 0.4) is 0 Å². The van der Waals surface area contributed by atoms with E-state index in [-0.39, 0.29) is 14.9 Å². The third kappa shape index (κ3) is 43.9. The smallest absolute Gasteiger partial charge is 0.0324 e. The summed E-state index contributed by atoms with van der Waals surface area (Å²) in [5.74, 6) is 10.4. The van der Waals surface area contributed by atoms with Crippen molar-refractivity contribution >= 4 is 0 Å². The maximum absolute atomic E-state index is 3.47. The molecule has 0 aromatic carbocycles. The number of hydrogen-bond acceptors (Lipinski definition) is 19. The quantitative estimate of drug-likeness (QED) is 0.159. The number of hydrogen-bond donors (Lipinski definition) is 1. The highest BCUT2D eigenvalue weighted by atomic mass is 15.3. The largest absolute Gasteiger partial charge is 0.309 e. The Morgan fingerprint density at radius 1 is 0.285 bits per heavy atom. The van der Waals surface area contributed by atoms with Crippen molar-refractivity contribution in [2.24, 2.45) is 70.5 Å². The Balaban J connectivity index is 0.000000455. The van der Waals surface area contributed by atoms with E-state index in [1.165, 1.54) is 254 Å². The van der Waals surface area contributed by atoms with Crippen LogP contribution in [-0.2, 0) is 0 Å². The van der Waals surface area contributed by atoms with E-state index in [0.717, 1.165) is 131 Å². The Bertz CT molecular complexity index is 2450. The van der Waals surface area contributed by atoms with Crippen molar-refractivity contribution in [3.63, 3.8) is 0 Å². The molecule has 15 rings (SSSR count). The first kappa shape index (κ1) is 118. The van der Waals surface area contributed by atoms with Crippen LogP contribution in [0.15, 0.2) is 0 Å². The molecule has 15 saturated heterocycles. The highest BCUT2D eigenvalue weighted by molar-refractivity contribution is 5.05. The van der Waals surface area contributed by atoms with Crippen LogP contribution in [0.4, 0.5) is 0 Å². The molecule has 0 amide bonds. The van der Waals surface area contributed by atoms with Gasteiger partial charge in [-0.3, -0.25) is 29.4 Å². The standard InChI is InChI=1S/2C10H20N2.C9H18N2.2C9H20N2.C9H19N.C8H18N2.3C8H17N.C7H16N2.C7H15N.2CH4/c1-8(2)12-6-9-4-11(3)5-10(9)7-12;1-8(2)12-6-9-4-5-10(7-12)11(9)3;1-8(2)11-6-9(7-11)4-10(3)5-9;2*1-8(2)11(4)9-5-6-10(3)7-9;1-8(2)9-4-6-10(3)7-5-9;1-8(2)10-6-4-9(3)5-7-10;2*1-7(2)8-4-5-9(3)6-8;1-4-8-5-9(6-8)7(2)3;1-6(2)8-7-4-9(3)5-7;1-6(2)7-4-8(3)5-7;;/h2*8-10H,4-7H2,1-3H3;8H,4-7H2,1-3H3;2*8-9H,5-7H2,1-4H3;8-9H,4-7H2,1-3H3;8H,4-7H2,1-3H3;3*7-8H,4-6H2,1-3H3;6-8H,4-5H2,1-3H3;6-7H,4-5H2,1-3H3;2*1H4/t;9-,10+;;2*9-;;;2*8-;;;;;/m...10..10...../s1. The summed E-state index contributed by atoms with van der Waals surface area (Å²) < 4.78 is 0. The lowest BCUT2D eigenvalue weighted by Crippen LogP contribution is -2.72. The lowest BCUT2D eigenvalue weighted by atomic mass is 9.72. The second kappa shape index (κ2) is 59.8. The number of likely N-dealkylation sites (N-methyl/N-ethyl adjacent to an activating group) is 7. The number of fused-ring (bicyclic) bond motifs is 3. The van der Waals surface area contributed by atoms with Crippen molar-refractivity contribution in [3.8, 4) is 0 Å². The molecule has 15 fully saturated rings. The van der Waals surface area contributed by atoms with Crippen molar-refractivity contribution in [2.45, 2.75) is 324 Å². The zero-order valence-electron chi connectivity index (χ0n) is 88.5. The number of piperidine rings is 1. The van der Waals surface area contributed by atoms with Gasteiger partial charge in [0.15, 0.2) is 0 Å². The summed E-state index contributed by atoms with van der Waals surface area (Å²) in [5.41, 5.74) is 0.721. The van der Waals surface area contributed by atoms with E-state index in [9.17, 15) is 0 Å². The molecule has 8 atom stereocenters. The minimum Gasteiger partial charge on any atom is -0.309 e. The summed E-state index contributed by atoms with van der Waals surface area (Å²) in [6, 6.07) is 9.81. The predicted molar refractivity (Wildman–Crippen MR) is 546 cm³/mol. The molecule has 736 valence electrons. The molecule has 15 aliphatic rings. The van der Waals surface area contributed by atoms with Crippen LogP contribution in [0.1, 0.15) is 246 Å². The van der Waals surface area contributed by atoms with Gasteiger partial charge < -0.3 is 64.1 Å². The third-order valence-corrected chi connectivity index (χ3v) is 31.2. The van der Waals surface area contributed by atoms with Crippen LogP contribution in [0.5, 0.6) is 0 Å². The molecule has 0 radical (unpaired) electrons. The average molecular weight is 1740 g/mol. The van der Waals surface area contributed by atoms with Crippen molar-refractivity contribution in [3.05, 3.63) is 0 Å². The molecule has 0 aromatic rings. The first-order valence-electron chi connectivity index (χ1n) is 51.1. The van der Waals surface area contributed by atoms with Crippen molar-refractivity contribution in [2.75, 3.05) is 288 Å². The Labute approximate surface area is 772 Å². The average Bonchev–Trinajstić information content (AvgIpc) is 0.947. The van der Waals surface area contributed by atoms with Gasteiger partial charge in [0, 0.05) is 241 Å². The number of rotatable bonds is 16. The topological polar surface area (TPSA) is 70.4 Å².